The summed E-state index contributed by atoms with van der Waals surface area (Å²) in [6.07, 6.45) is 0.234. The zero-order valence-electron chi connectivity index (χ0n) is 13.9. The Kier molecular flexibility index (Phi) is 4.18. The number of aromatic carboxylic acids is 1. The number of allylic oxidation sites excluding steroid dienone is 2. The second-order valence-electron chi connectivity index (χ2n) is 6.83. The number of carboxylic acids is 1. The van der Waals surface area contributed by atoms with E-state index in [-0.39, 0.29) is 28.5 Å². The SMILES string of the molecule is O=C(O)c1cc(Cl)c2c(c1)[C@H]1C=CC[C@@H]1[C@@H](c1cccc(C(F)(F)F)c1)N2. The zero-order valence-corrected chi connectivity index (χ0v) is 14.7. The van der Waals surface area contributed by atoms with Crippen LogP contribution in [0.4, 0.5) is 18.9 Å². The predicted molar refractivity (Wildman–Crippen MR) is 96.2 cm³/mol. The van der Waals surface area contributed by atoms with E-state index in [4.69, 9.17) is 11.6 Å². The molecule has 2 N–H and O–H groups in total. The standard InChI is InChI=1S/C20H15ClF3NO2/c21-16-9-11(19(26)27)8-15-13-5-2-6-14(13)17(25-18(15)16)10-3-1-4-12(7-10)20(22,23)24/h1-5,7-9,13-14,17,25H,6H2,(H,26,27)/t13-,14-,17+/m0/s1. The van der Waals surface area contributed by atoms with Crippen molar-refractivity contribution < 1.29 is 23.1 Å². The number of benzene rings is 2. The van der Waals surface area contributed by atoms with E-state index < -0.39 is 17.7 Å². The molecule has 0 saturated carbocycles. The molecule has 0 unspecified atom stereocenters. The molecule has 2 aliphatic rings. The fraction of sp³-hybridized carbons (Fsp3) is 0.250. The van der Waals surface area contributed by atoms with Crippen molar-refractivity contribution in [2.45, 2.75) is 24.6 Å². The Hall–Kier alpha value is -2.47. The van der Waals surface area contributed by atoms with Gasteiger partial charge in [-0.05, 0) is 47.7 Å². The molecule has 140 valence electrons. The minimum Gasteiger partial charge on any atom is -0.478 e. The van der Waals surface area contributed by atoms with Gasteiger partial charge in [0.1, 0.15) is 0 Å². The normalized spacial score (nSPS) is 23.5. The molecule has 0 spiro atoms. The molecule has 0 radical (unpaired) electrons. The summed E-state index contributed by atoms with van der Waals surface area (Å²) in [5.74, 6) is -1.18. The highest BCUT2D eigenvalue weighted by Gasteiger charge is 2.40. The summed E-state index contributed by atoms with van der Waals surface area (Å²) in [5.41, 5.74) is 1.28. The van der Waals surface area contributed by atoms with Gasteiger partial charge >= 0.3 is 12.1 Å². The summed E-state index contributed by atoms with van der Waals surface area (Å²) in [5, 5.41) is 12.8. The number of nitrogens with one attached hydrogen (secondary N) is 1. The average molecular weight is 394 g/mol. The summed E-state index contributed by atoms with van der Waals surface area (Å²) in [4.78, 5) is 11.3. The van der Waals surface area contributed by atoms with E-state index in [9.17, 15) is 23.1 Å². The van der Waals surface area contributed by atoms with Gasteiger partial charge in [0.25, 0.3) is 0 Å². The Morgan fingerprint density at radius 2 is 2.00 bits per heavy atom. The maximum atomic E-state index is 13.1. The van der Waals surface area contributed by atoms with Crippen molar-refractivity contribution in [1.82, 2.24) is 0 Å². The minimum atomic E-state index is -4.41. The maximum absolute atomic E-state index is 13.1. The molecular formula is C20H15ClF3NO2. The van der Waals surface area contributed by atoms with Crippen LogP contribution in [-0.2, 0) is 6.18 Å². The first kappa shape index (κ1) is 17.9. The second kappa shape index (κ2) is 6.30. The van der Waals surface area contributed by atoms with Gasteiger partial charge in [-0.25, -0.2) is 4.79 Å². The third kappa shape index (κ3) is 3.08. The zero-order chi connectivity index (χ0) is 19.3. The Bertz CT molecular complexity index is 955. The van der Waals surface area contributed by atoms with Crippen molar-refractivity contribution in [2.24, 2.45) is 5.92 Å². The smallest absolute Gasteiger partial charge is 0.416 e. The predicted octanol–water partition coefficient (Wildman–Crippen LogP) is 5.88. The number of anilines is 1. The molecule has 2 aromatic rings. The number of fused-ring (bicyclic) bond motifs is 3. The molecule has 3 nitrogen and oxygen atoms in total. The molecule has 2 aromatic carbocycles. The lowest BCUT2D eigenvalue weighted by Gasteiger charge is -2.38. The van der Waals surface area contributed by atoms with Gasteiger partial charge in [0.05, 0.1) is 27.9 Å². The molecule has 1 heterocycles. The first-order valence-corrected chi connectivity index (χ1v) is 8.80. The van der Waals surface area contributed by atoms with E-state index >= 15 is 0 Å². The molecule has 27 heavy (non-hydrogen) atoms. The highest BCUT2D eigenvalue weighted by atomic mass is 35.5. The molecule has 1 aliphatic carbocycles. The lowest BCUT2D eigenvalue weighted by atomic mass is 9.76. The molecule has 3 atom stereocenters. The average Bonchev–Trinajstić information content (AvgIpc) is 3.10. The van der Waals surface area contributed by atoms with Crippen LogP contribution in [0.1, 0.15) is 45.4 Å². The summed E-state index contributed by atoms with van der Waals surface area (Å²) in [6.45, 7) is 0. The number of rotatable bonds is 2. The second-order valence-corrected chi connectivity index (χ2v) is 7.23. The quantitative estimate of drug-likeness (QED) is 0.626. The van der Waals surface area contributed by atoms with Gasteiger partial charge in [0.2, 0.25) is 0 Å². The lowest BCUT2D eigenvalue weighted by molar-refractivity contribution is -0.137. The van der Waals surface area contributed by atoms with Crippen LogP contribution in [0.25, 0.3) is 0 Å². The summed E-state index contributed by atoms with van der Waals surface area (Å²) in [6, 6.07) is 7.89. The van der Waals surface area contributed by atoms with Crippen LogP contribution in [-0.4, -0.2) is 11.1 Å². The Morgan fingerprint density at radius 1 is 1.22 bits per heavy atom. The van der Waals surface area contributed by atoms with Crippen LogP contribution in [0.2, 0.25) is 5.02 Å². The van der Waals surface area contributed by atoms with Gasteiger partial charge in [-0.2, -0.15) is 13.2 Å². The van der Waals surface area contributed by atoms with Crippen molar-refractivity contribution in [2.75, 3.05) is 5.32 Å². The van der Waals surface area contributed by atoms with Crippen LogP contribution in [0, 0.1) is 5.92 Å². The number of carboxylic acid groups (broad SMARTS) is 1. The minimum absolute atomic E-state index is 0.0129. The number of alkyl halides is 3. The van der Waals surface area contributed by atoms with Crippen molar-refractivity contribution >= 4 is 23.3 Å². The Labute approximate surface area is 158 Å². The van der Waals surface area contributed by atoms with Gasteiger partial charge in [0, 0.05) is 5.92 Å². The lowest BCUT2D eigenvalue weighted by Crippen LogP contribution is -2.29. The Balaban J connectivity index is 1.80. The number of hydrogen-bond donors (Lipinski definition) is 2. The number of hydrogen-bond acceptors (Lipinski definition) is 2. The first-order chi connectivity index (χ1) is 12.8. The largest absolute Gasteiger partial charge is 0.478 e. The fourth-order valence-electron chi connectivity index (χ4n) is 4.02. The Morgan fingerprint density at radius 3 is 2.70 bits per heavy atom. The van der Waals surface area contributed by atoms with Gasteiger partial charge in [-0.1, -0.05) is 35.9 Å². The van der Waals surface area contributed by atoms with Gasteiger partial charge in [-0.15, -0.1) is 0 Å². The van der Waals surface area contributed by atoms with Gasteiger partial charge in [-0.3, -0.25) is 0 Å². The third-order valence-corrected chi connectivity index (χ3v) is 5.54. The van der Waals surface area contributed by atoms with Crippen molar-refractivity contribution in [1.29, 1.82) is 0 Å². The highest BCUT2D eigenvalue weighted by Crippen LogP contribution is 2.52. The van der Waals surface area contributed by atoms with E-state index in [0.717, 1.165) is 17.7 Å². The van der Waals surface area contributed by atoms with E-state index in [1.54, 1.807) is 12.1 Å². The van der Waals surface area contributed by atoms with Gasteiger partial charge < -0.3 is 10.4 Å². The van der Waals surface area contributed by atoms with Crippen LogP contribution in [0.3, 0.4) is 0 Å². The van der Waals surface area contributed by atoms with Crippen LogP contribution >= 0.6 is 11.6 Å². The van der Waals surface area contributed by atoms with E-state index in [1.807, 2.05) is 12.2 Å². The topological polar surface area (TPSA) is 49.3 Å². The highest BCUT2D eigenvalue weighted by molar-refractivity contribution is 6.33. The summed E-state index contributed by atoms with van der Waals surface area (Å²) < 4.78 is 39.4. The fourth-order valence-corrected chi connectivity index (χ4v) is 4.30. The van der Waals surface area contributed by atoms with E-state index in [0.29, 0.717) is 17.7 Å². The molecule has 0 amide bonds. The van der Waals surface area contributed by atoms with Crippen LogP contribution < -0.4 is 5.32 Å². The van der Waals surface area contributed by atoms with Crippen LogP contribution in [0.5, 0.6) is 0 Å². The molecule has 0 fully saturated rings. The molecular weight excluding hydrogens is 379 g/mol. The monoisotopic (exact) mass is 393 g/mol. The third-order valence-electron chi connectivity index (χ3n) is 5.24. The van der Waals surface area contributed by atoms with Gasteiger partial charge in [0.15, 0.2) is 0 Å². The maximum Gasteiger partial charge on any atom is 0.416 e. The molecule has 0 bridgehead atoms. The summed E-state index contributed by atoms with van der Waals surface area (Å²) in [7, 11) is 0. The molecule has 0 saturated heterocycles. The van der Waals surface area contributed by atoms with Crippen molar-refractivity contribution in [3.05, 3.63) is 75.8 Å². The van der Waals surface area contributed by atoms with Crippen LogP contribution in [0.15, 0.2) is 48.6 Å². The molecule has 4 rings (SSSR count). The molecule has 1 aliphatic heterocycles. The van der Waals surface area contributed by atoms with Crippen molar-refractivity contribution in [3.63, 3.8) is 0 Å². The van der Waals surface area contributed by atoms with Crippen molar-refractivity contribution in [3.8, 4) is 0 Å². The van der Waals surface area contributed by atoms with E-state index in [1.165, 1.54) is 12.1 Å². The number of halogens is 4. The number of carbonyl (C=O) groups is 1. The molecule has 0 aromatic heterocycles. The first-order valence-electron chi connectivity index (χ1n) is 8.43. The molecule has 7 heteroatoms. The summed E-state index contributed by atoms with van der Waals surface area (Å²) >= 11 is 6.31. The van der Waals surface area contributed by atoms with E-state index in [2.05, 4.69) is 5.32 Å².